The van der Waals surface area contributed by atoms with Crippen LogP contribution in [0.3, 0.4) is 0 Å². The average molecular weight is 632 g/mol. The van der Waals surface area contributed by atoms with Gasteiger partial charge in [0, 0.05) is 17.0 Å². The maximum atomic E-state index is 14.3. The lowest BCUT2D eigenvalue weighted by Crippen LogP contribution is -2.36. The minimum absolute atomic E-state index is 0.0294. The molecule has 11 nitrogen and oxygen atoms in total. The van der Waals surface area contributed by atoms with Gasteiger partial charge in [0.25, 0.3) is 0 Å². The Labute approximate surface area is 256 Å². The van der Waals surface area contributed by atoms with E-state index < -0.39 is 25.8 Å². The number of pyridine rings is 1. The number of nitrogens with one attached hydrogen (secondary N) is 1. The van der Waals surface area contributed by atoms with Crippen LogP contribution in [-0.2, 0) is 30.0 Å². The number of fused-ring (bicyclic) bond motifs is 3. The van der Waals surface area contributed by atoms with E-state index >= 15 is 0 Å². The predicted octanol–water partition coefficient (Wildman–Crippen LogP) is 6.69. The van der Waals surface area contributed by atoms with Gasteiger partial charge in [-0.25, -0.2) is 14.5 Å². The zero-order chi connectivity index (χ0) is 31.3. The number of anilines is 1. The number of carbonyl (C=O) groups excluding carboxylic acids is 1. The van der Waals surface area contributed by atoms with Gasteiger partial charge in [0.05, 0.1) is 29.8 Å². The molecule has 0 spiro atoms. The second-order valence-electron chi connectivity index (χ2n) is 10.7. The minimum atomic E-state index is -4.16. The number of nitrogens with two attached hydrogens (primary N) is 1. The maximum absolute atomic E-state index is 14.3. The van der Waals surface area contributed by atoms with E-state index in [1.165, 1.54) is 6.92 Å². The van der Waals surface area contributed by atoms with Crippen LogP contribution in [0.1, 0.15) is 53.4 Å². The third kappa shape index (κ3) is 7.85. The van der Waals surface area contributed by atoms with Crippen molar-refractivity contribution in [2.45, 2.75) is 66.3 Å². The molecule has 1 unspecified atom stereocenters. The molecule has 2 heterocycles. The van der Waals surface area contributed by atoms with E-state index in [0.717, 1.165) is 16.4 Å². The lowest BCUT2D eigenvalue weighted by Gasteiger charge is -2.29. The lowest BCUT2D eigenvalue weighted by atomic mass is 10.0. The molecule has 0 radical (unpaired) electrons. The van der Waals surface area contributed by atoms with Gasteiger partial charge in [-0.05, 0) is 63.9 Å². The van der Waals surface area contributed by atoms with Gasteiger partial charge >= 0.3 is 13.7 Å². The molecule has 3 atom stereocenters. The Hall–Kier alpha value is -3.21. The second-order valence-corrected chi connectivity index (χ2v) is 12.9. The Kier molecular flexibility index (Phi) is 10.7. The third-order valence-electron chi connectivity index (χ3n) is 6.67. The highest BCUT2D eigenvalue weighted by atomic mass is 35.5. The Morgan fingerprint density at radius 2 is 1.77 bits per heavy atom. The molecule has 0 fully saturated rings. The Bertz CT molecular complexity index is 1610. The molecule has 4 aromatic rings. The molecule has 0 aliphatic heterocycles. The molecule has 4 rings (SSSR count). The van der Waals surface area contributed by atoms with Crippen LogP contribution in [0.5, 0.6) is 5.75 Å². The van der Waals surface area contributed by atoms with Crippen LogP contribution in [0.25, 0.3) is 21.9 Å². The number of carbonyl (C=O) groups is 1. The first-order chi connectivity index (χ1) is 20.4. The number of ether oxygens (including phenoxy) is 2. The van der Waals surface area contributed by atoms with E-state index in [1.807, 2.05) is 49.6 Å². The summed E-state index contributed by atoms with van der Waals surface area (Å²) < 4.78 is 39.4. The van der Waals surface area contributed by atoms with Gasteiger partial charge in [0.2, 0.25) is 0 Å². The SMILES string of the molecule is CCOCc1nc2c(N)nc3ccccc3c2n1[C@H](COP(=O)(N[C@@H](C)C(=O)OC(C)C)Oc1ccc(Cl)cc1)C(C)C. The van der Waals surface area contributed by atoms with E-state index in [9.17, 15) is 9.36 Å². The van der Waals surface area contributed by atoms with Crippen molar-refractivity contribution < 1.29 is 27.9 Å². The number of aromatic nitrogens is 3. The van der Waals surface area contributed by atoms with Crippen molar-refractivity contribution in [2.24, 2.45) is 5.92 Å². The van der Waals surface area contributed by atoms with Gasteiger partial charge < -0.3 is 24.3 Å². The van der Waals surface area contributed by atoms with Gasteiger partial charge in [0.1, 0.15) is 29.7 Å². The highest BCUT2D eigenvalue weighted by molar-refractivity contribution is 7.52. The maximum Gasteiger partial charge on any atom is 0.459 e. The summed E-state index contributed by atoms with van der Waals surface area (Å²) in [4.78, 5) is 22.0. The number of nitrogens with zero attached hydrogens (tertiary/aromatic N) is 3. The molecular weight excluding hydrogens is 593 g/mol. The standard InChI is InChI=1S/C30H39ClN5O6P/c1-7-39-17-26-34-27-28(23-10-8-9-11-24(23)33-29(27)32)36(26)25(18(2)3)16-40-43(38,35-20(6)30(37)41-19(4)5)42-22-14-12-21(31)13-15-22/h8-15,18-20,25H,7,16-17H2,1-6H3,(H2,32,33)(H,35,38)/t20-,25+,43?/m0/s1. The van der Waals surface area contributed by atoms with Gasteiger partial charge in [-0.2, -0.15) is 5.09 Å². The summed E-state index contributed by atoms with van der Waals surface area (Å²) >= 11 is 6.04. The third-order valence-corrected chi connectivity index (χ3v) is 8.57. The fourth-order valence-corrected chi connectivity index (χ4v) is 6.24. The fraction of sp³-hybridized carbons (Fsp3) is 0.433. The molecule has 0 saturated carbocycles. The monoisotopic (exact) mass is 631 g/mol. The van der Waals surface area contributed by atoms with Gasteiger partial charge in [-0.3, -0.25) is 9.32 Å². The molecule has 0 amide bonds. The fourth-order valence-electron chi connectivity index (χ4n) is 4.61. The van der Waals surface area contributed by atoms with Crippen molar-refractivity contribution in [1.82, 2.24) is 19.6 Å². The van der Waals surface area contributed by atoms with E-state index in [1.54, 1.807) is 38.1 Å². The first-order valence-electron chi connectivity index (χ1n) is 14.2. The van der Waals surface area contributed by atoms with Crippen molar-refractivity contribution in [1.29, 1.82) is 0 Å². The molecule has 0 aliphatic carbocycles. The highest BCUT2D eigenvalue weighted by Gasteiger charge is 2.35. The Morgan fingerprint density at radius 3 is 2.42 bits per heavy atom. The topological polar surface area (TPSA) is 140 Å². The van der Waals surface area contributed by atoms with Gasteiger partial charge in [0.15, 0.2) is 5.82 Å². The molecule has 232 valence electrons. The smallest absolute Gasteiger partial charge is 0.459 e. The summed E-state index contributed by atoms with van der Waals surface area (Å²) in [5.74, 6) is 0.552. The van der Waals surface area contributed by atoms with Crippen molar-refractivity contribution in [3.63, 3.8) is 0 Å². The number of benzene rings is 2. The number of esters is 1. The molecule has 2 aromatic carbocycles. The van der Waals surface area contributed by atoms with Crippen LogP contribution in [0.2, 0.25) is 5.02 Å². The predicted molar refractivity (Wildman–Crippen MR) is 168 cm³/mol. The normalized spacial score (nSPS) is 14.7. The number of imidazole rings is 1. The molecule has 13 heteroatoms. The van der Waals surface area contributed by atoms with Crippen molar-refractivity contribution in [2.75, 3.05) is 18.9 Å². The molecule has 3 N–H and O–H groups in total. The summed E-state index contributed by atoms with van der Waals surface area (Å²) in [5, 5.41) is 4.09. The summed E-state index contributed by atoms with van der Waals surface area (Å²) in [6, 6.07) is 12.6. The quantitative estimate of drug-likeness (QED) is 0.114. The molecule has 0 saturated heterocycles. The van der Waals surface area contributed by atoms with E-state index in [-0.39, 0.29) is 31.0 Å². The molecule has 0 aliphatic rings. The van der Waals surface area contributed by atoms with Crippen molar-refractivity contribution in [3.05, 3.63) is 59.4 Å². The largest absolute Gasteiger partial charge is 0.462 e. The number of hydrogen-bond donors (Lipinski definition) is 2. The van der Waals surface area contributed by atoms with Crippen LogP contribution in [0, 0.1) is 5.92 Å². The number of halogens is 1. The molecule has 43 heavy (non-hydrogen) atoms. The first-order valence-corrected chi connectivity index (χ1v) is 16.1. The van der Waals surface area contributed by atoms with Crippen LogP contribution < -0.4 is 15.3 Å². The van der Waals surface area contributed by atoms with Crippen LogP contribution in [-0.4, -0.2) is 45.9 Å². The second kappa shape index (κ2) is 14.1. The first kappa shape index (κ1) is 32.7. The number of para-hydroxylation sites is 1. The van der Waals surface area contributed by atoms with E-state index in [4.69, 9.17) is 40.8 Å². The van der Waals surface area contributed by atoms with E-state index in [0.29, 0.717) is 28.8 Å². The lowest BCUT2D eigenvalue weighted by molar-refractivity contribution is -0.149. The van der Waals surface area contributed by atoms with Crippen LogP contribution >= 0.6 is 19.3 Å². The number of rotatable bonds is 14. The Morgan fingerprint density at radius 1 is 1.07 bits per heavy atom. The molecule has 2 aromatic heterocycles. The van der Waals surface area contributed by atoms with Gasteiger partial charge in [-0.15, -0.1) is 0 Å². The number of hydrogen-bond acceptors (Lipinski definition) is 9. The summed E-state index contributed by atoms with van der Waals surface area (Å²) in [5.41, 5.74) is 8.42. The summed E-state index contributed by atoms with van der Waals surface area (Å²) in [7, 11) is -4.16. The van der Waals surface area contributed by atoms with E-state index in [2.05, 4.69) is 10.1 Å². The highest BCUT2D eigenvalue weighted by Crippen LogP contribution is 2.47. The van der Waals surface area contributed by atoms with Gasteiger partial charge in [-0.1, -0.05) is 43.6 Å². The summed E-state index contributed by atoms with van der Waals surface area (Å²) in [6.07, 6.45) is -0.352. The average Bonchev–Trinajstić information content (AvgIpc) is 3.32. The minimum Gasteiger partial charge on any atom is -0.462 e. The summed E-state index contributed by atoms with van der Waals surface area (Å²) in [6.45, 7) is 11.6. The van der Waals surface area contributed by atoms with Crippen LogP contribution in [0.4, 0.5) is 5.82 Å². The zero-order valence-electron chi connectivity index (χ0n) is 25.2. The molecular formula is C30H39ClN5O6P. The molecule has 0 bridgehead atoms. The van der Waals surface area contributed by atoms with Crippen molar-refractivity contribution in [3.8, 4) is 5.75 Å². The Balaban J connectivity index is 1.76. The van der Waals surface area contributed by atoms with Crippen molar-refractivity contribution >= 4 is 53.1 Å². The van der Waals surface area contributed by atoms with Crippen LogP contribution in [0.15, 0.2) is 48.5 Å². The number of nitrogen functional groups attached to an aromatic ring is 1. The zero-order valence-corrected chi connectivity index (χ0v) is 26.9.